The Morgan fingerprint density at radius 1 is 0.923 bits per heavy atom. The normalized spacial score (nSPS) is 11.0. The van der Waals surface area contributed by atoms with Crippen molar-refractivity contribution in [3.05, 3.63) is 84.2 Å². The molecule has 0 spiro atoms. The Labute approximate surface area is 215 Å². The maximum Gasteiger partial charge on any atom is 0.416 e. The highest BCUT2D eigenvalue weighted by Crippen LogP contribution is 2.33. The number of nitrogens with zero attached hydrogens (tertiary/aromatic N) is 4. The summed E-state index contributed by atoms with van der Waals surface area (Å²) >= 11 is 0. The molecular weight excluding hydrogens is 530 g/mol. The average molecular weight is 545 g/mol. The lowest BCUT2D eigenvalue weighted by molar-refractivity contribution is -0.137. The standard InChI is InChI=1S/C23H15F4N7O5/c24-15-10-13(38-14-5-6-29-18(11-14)20(35)39-21(28)36)2-3-16(15)31-22(37)32-17-9-12(23(25,26)27)1-4-19(17)34-8-7-30-33-34/h1-11H,(H2,28,36)(H2,31,32,37). The van der Waals surface area contributed by atoms with E-state index in [1.165, 1.54) is 30.7 Å². The van der Waals surface area contributed by atoms with E-state index in [0.29, 0.717) is 6.07 Å². The maximum atomic E-state index is 14.7. The number of amides is 3. The molecule has 0 atom stereocenters. The number of alkyl halides is 3. The fourth-order valence-corrected chi connectivity index (χ4v) is 3.15. The predicted molar refractivity (Wildman–Crippen MR) is 125 cm³/mol. The Bertz CT molecular complexity index is 1540. The number of anilines is 2. The molecule has 16 heteroatoms. The van der Waals surface area contributed by atoms with Crippen LogP contribution in [0.1, 0.15) is 16.1 Å². The van der Waals surface area contributed by atoms with Crippen LogP contribution in [0.25, 0.3) is 5.69 Å². The summed E-state index contributed by atoms with van der Waals surface area (Å²) in [6, 6.07) is 7.32. The number of aromatic nitrogens is 4. The van der Waals surface area contributed by atoms with E-state index in [-0.39, 0.29) is 34.3 Å². The number of nitrogens with two attached hydrogens (primary N) is 1. The minimum atomic E-state index is -4.69. The molecule has 200 valence electrons. The summed E-state index contributed by atoms with van der Waals surface area (Å²) in [5.41, 5.74) is 2.94. The van der Waals surface area contributed by atoms with E-state index >= 15 is 0 Å². The molecule has 4 N–H and O–H groups in total. The third-order valence-corrected chi connectivity index (χ3v) is 4.80. The van der Waals surface area contributed by atoms with Crippen LogP contribution in [0.2, 0.25) is 0 Å². The van der Waals surface area contributed by atoms with Crippen LogP contribution in [-0.2, 0) is 10.9 Å². The average Bonchev–Trinajstić information content (AvgIpc) is 3.40. The summed E-state index contributed by atoms with van der Waals surface area (Å²) in [5.74, 6) is -2.10. The van der Waals surface area contributed by atoms with Gasteiger partial charge in [0.1, 0.15) is 17.3 Å². The van der Waals surface area contributed by atoms with Gasteiger partial charge in [-0.15, -0.1) is 5.10 Å². The molecule has 2 aromatic heterocycles. The van der Waals surface area contributed by atoms with Crippen LogP contribution in [-0.4, -0.2) is 38.1 Å². The Hall–Kier alpha value is -5.54. The molecule has 4 rings (SSSR count). The minimum absolute atomic E-state index is 0.0319. The second-order valence-corrected chi connectivity index (χ2v) is 7.49. The first-order chi connectivity index (χ1) is 18.5. The summed E-state index contributed by atoms with van der Waals surface area (Å²) in [5, 5.41) is 11.7. The Morgan fingerprint density at radius 3 is 2.33 bits per heavy atom. The van der Waals surface area contributed by atoms with E-state index in [4.69, 9.17) is 10.5 Å². The molecule has 12 nitrogen and oxygen atoms in total. The molecule has 3 amide bonds. The second kappa shape index (κ2) is 10.8. The number of urea groups is 1. The topological polar surface area (TPSA) is 163 Å². The molecular formula is C23H15F4N7O5. The Morgan fingerprint density at radius 2 is 1.67 bits per heavy atom. The second-order valence-electron chi connectivity index (χ2n) is 7.49. The van der Waals surface area contributed by atoms with Gasteiger partial charge in [-0.05, 0) is 36.4 Å². The van der Waals surface area contributed by atoms with Crippen molar-refractivity contribution in [1.29, 1.82) is 0 Å². The Kier molecular flexibility index (Phi) is 7.37. The molecule has 4 aromatic rings. The van der Waals surface area contributed by atoms with Crippen molar-refractivity contribution in [2.45, 2.75) is 6.18 Å². The van der Waals surface area contributed by atoms with E-state index in [0.717, 1.165) is 35.0 Å². The van der Waals surface area contributed by atoms with E-state index in [2.05, 4.69) is 30.7 Å². The number of benzene rings is 2. The fourth-order valence-electron chi connectivity index (χ4n) is 3.15. The van der Waals surface area contributed by atoms with Crippen LogP contribution >= 0.6 is 0 Å². The van der Waals surface area contributed by atoms with Gasteiger partial charge in [0.25, 0.3) is 0 Å². The van der Waals surface area contributed by atoms with Crippen molar-refractivity contribution in [3.8, 4) is 17.2 Å². The van der Waals surface area contributed by atoms with Crippen molar-refractivity contribution in [2.75, 3.05) is 10.6 Å². The van der Waals surface area contributed by atoms with Gasteiger partial charge >= 0.3 is 24.3 Å². The van der Waals surface area contributed by atoms with Gasteiger partial charge in [0.2, 0.25) is 0 Å². The highest BCUT2D eigenvalue weighted by molar-refractivity contribution is 6.01. The molecule has 0 bridgehead atoms. The molecule has 0 aliphatic rings. The molecule has 0 aliphatic carbocycles. The molecule has 0 unspecified atom stereocenters. The first-order valence-electron chi connectivity index (χ1n) is 10.6. The molecule has 2 heterocycles. The van der Waals surface area contributed by atoms with Crippen molar-refractivity contribution in [3.63, 3.8) is 0 Å². The number of carbonyl (C=O) groups excluding carboxylic acids is 3. The summed E-state index contributed by atoms with van der Waals surface area (Å²) in [7, 11) is 0. The van der Waals surface area contributed by atoms with E-state index < -0.39 is 35.7 Å². The summed E-state index contributed by atoms with van der Waals surface area (Å²) in [6.45, 7) is 0. The van der Waals surface area contributed by atoms with Gasteiger partial charge in [-0.2, -0.15) is 13.2 Å². The number of halogens is 4. The number of hydrogen-bond acceptors (Lipinski definition) is 8. The first kappa shape index (κ1) is 26.5. The lowest BCUT2D eigenvalue weighted by atomic mass is 10.1. The molecule has 39 heavy (non-hydrogen) atoms. The lowest BCUT2D eigenvalue weighted by Crippen LogP contribution is -2.22. The Balaban J connectivity index is 1.48. The van der Waals surface area contributed by atoms with Gasteiger partial charge in [-0.3, -0.25) is 0 Å². The number of primary amides is 1. The van der Waals surface area contributed by atoms with Gasteiger partial charge in [0.05, 0.1) is 35.0 Å². The first-order valence-corrected chi connectivity index (χ1v) is 10.6. The zero-order chi connectivity index (χ0) is 28.2. The monoisotopic (exact) mass is 545 g/mol. The molecule has 0 radical (unpaired) electrons. The van der Waals surface area contributed by atoms with Crippen LogP contribution < -0.4 is 21.1 Å². The number of hydrogen-bond donors (Lipinski definition) is 3. The van der Waals surface area contributed by atoms with Crippen LogP contribution in [0.15, 0.2) is 67.1 Å². The lowest BCUT2D eigenvalue weighted by Gasteiger charge is -2.15. The van der Waals surface area contributed by atoms with E-state index in [9.17, 15) is 31.9 Å². The zero-order valence-electron chi connectivity index (χ0n) is 19.3. The zero-order valence-corrected chi connectivity index (χ0v) is 19.3. The highest BCUT2D eigenvalue weighted by Gasteiger charge is 2.31. The van der Waals surface area contributed by atoms with Gasteiger partial charge < -0.3 is 25.8 Å². The van der Waals surface area contributed by atoms with Crippen LogP contribution in [0.4, 0.5) is 38.5 Å². The summed E-state index contributed by atoms with van der Waals surface area (Å²) in [6.07, 6.45) is -2.19. The summed E-state index contributed by atoms with van der Waals surface area (Å²) < 4.78 is 65.2. The van der Waals surface area contributed by atoms with Gasteiger partial charge in [-0.25, -0.2) is 28.4 Å². The molecule has 0 saturated carbocycles. The number of pyridine rings is 1. The molecule has 0 fully saturated rings. The third kappa shape index (κ3) is 6.62. The fraction of sp³-hybridized carbons (Fsp3) is 0.0435. The quantitative estimate of drug-likeness (QED) is 0.181. The SMILES string of the molecule is NC(=O)OC(=O)c1cc(Oc2ccc(NC(=O)Nc3cc(C(F)(F)F)ccc3-n3ccnn3)c(F)c2)ccn1. The molecule has 0 saturated heterocycles. The molecule has 0 aliphatic heterocycles. The van der Waals surface area contributed by atoms with Crippen LogP contribution in [0.3, 0.4) is 0 Å². The predicted octanol–water partition coefficient (Wildman–Crippen LogP) is 4.49. The van der Waals surface area contributed by atoms with E-state index in [1.54, 1.807) is 0 Å². The van der Waals surface area contributed by atoms with Crippen molar-refractivity contribution >= 4 is 29.5 Å². The number of esters is 1. The number of carbonyl (C=O) groups is 3. The summed E-state index contributed by atoms with van der Waals surface area (Å²) in [4.78, 5) is 38.7. The van der Waals surface area contributed by atoms with Crippen LogP contribution in [0.5, 0.6) is 11.5 Å². The third-order valence-electron chi connectivity index (χ3n) is 4.80. The number of nitrogens with one attached hydrogen (secondary N) is 2. The van der Waals surface area contributed by atoms with Gasteiger partial charge in [0, 0.05) is 18.3 Å². The highest BCUT2D eigenvalue weighted by atomic mass is 19.4. The van der Waals surface area contributed by atoms with Gasteiger partial charge in [0.15, 0.2) is 5.69 Å². The van der Waals surface area contributed by atoms with Gasteiger partial charge in [-0.1, -0.05) is 5.21 Å². The van der Waals surface area contributed by atoms with Crippen molar-refractivity contribution in [2.24, 2.45) is 5.73 Å². The van der Waals surface area contributed by atoms with E-state index in [1.807, 2.05) is 0 Å². The largest absolute Gasteiger partial charge is 0.457 e. The number of rotatable bonds is 6. The maximum absolute atomic E-state index is 14.7. The van der Waals surface area contributed by atoms with Crippen molar-refractivity contribution in [1.82, 2.24) is 20.0 Å². The van der Waals surface area contributed by atoms with Crippen LogP contribution in [0, 0.1) is 5.82 Å². The van der Waals surface area contributed by atoms with Crippen molar-refractivity contribution < 1.29 is 41.4 Å². The smallest absolute Gasteiger partial charge is 0.416 e. The molecule has 2 aromatic carbocycles. The minimum Gasteiger partial charge on any atom is -0.457 e. The number of ether oxygens (including phenoxy) is 2.